The fourth-order valence-electron chi connectivity index (χ4n) is 3.35. The first kappa shape index (κ1) is 23.8. The summed E-state index contributed by atoms with van der Waals surface area (Å²) in [6.07, 6.45) is -3.79. The maximum atomic E-state index is 14.7. The molecule has 2 aromatic carbocycles. The van der Waals surface area contributed by atoms with E-state index in [1.165, 1.54) is 38.5 Å². The van der Waals surface area contributed by atoms with E-state index in [4.69, 9.17) is 9.47 Å². The molecule has 3 rings (SSSR count). The van der Waals surface area contributed by atoms with Gasteiger partial charge in [-0.25, -0.2) is 13.2 Å². The first-order valence-corrected chi connectivity index (χ1v) is 10.8. The van der Waals surface area contributed by atoms with E-state index in [1.54, 1.807) is 6.07 Å². The second kappa shape index (κ2) is 8.97. The lowest BCUT2D eigenvalue weighted by Crippen LogP contribution is -2.37. The topological polar surface area (TPSA) is 61.8 Å². The molecule has 0 N–H and O–H groups in total. The normalized spacial score (nSPS) is 14.8. The van der Waals surface area contributed by atoms with Gasteiger partial charge in [-0.15, -0.1) is 0 Å². The molecule has 0 saturated carbocycles. The van der Waals surface area contributed by atoms with Crippen molar-refractivity contribution in [2.24, 2.45) is 0 Å². The molecule has 1 aliphatic rings. The molecule has 5 nitrogen and oxygen atoms in total. The first-order chi connectivity index (χ1) is 15.0. The average molecular weight is 478 g/mol. The molecular formula is C21H19F5O5S. The van der Waals surface area contributed by atoms with Gasteiger partial charge in [-0.05, 0) is 61.2 Å². The Morgan fingerprint density at radius 3 is 2.19 bits per heavy atom. The molecule has 0 aromatic heterocycles. The van der Waals surface area contributed by atoms with E-state index in [-0.39, 0.29) is 28.9 Å². The second-order valence-electron chi connectivity index (χ2n) is 6.93. The summed E-state index contributed by atoms with van der Waals surface area (Å²) in [7, 11) is -3.41. The van der Waals surface area contributed by atoms with Crippen molar-refractivity contribution >= 4 is 21.5 Å². The molecule has 1 aliphatic carbocycles. The van der Waals surface area contributed by atoms with Gasteiger partial charge < -0.3 is 13.7 Å². The zero-order valence-electron chi connectivity index (χ0n) is 17.0. The predicted octanol–water partition coefficient (Wildman–Crippen LogP) is 5.25. The Morgan fingerprint density at radius 1 is 0.938 bits per heavy atom. The van der Waals surface area contributed by atoms with Gasteiger partial charge in [-0.2, -0.15) is 17.2 Å². The lowest BCUT2D eigenvalue weighted by atomic mass is 9.98. The highest BCUT2D eigenvalue weighted by Crippen LogP contribution is 2.42. The number of allylic oxidation sites excluding steroid dienone is 1. The molecular weight excluding hydrogens is 459 g/mol. The predicted molar refractivity (Wildman–Crippen MR) is 107 cm³/mol. The Labute approximate surface area is 181 Å². The standard InChI is InChI=1S/C21H19F5O5S/c1-29-13-6-8-15-12(10-13)4-3-5-16(17-11-14(30-2)7-9-18(17)22)19(15)31-32(27,28)21(25,26)20(23)24/h6-11,20H,3-5H2,1-2H3. The molecule has 0 bridgehead atoms. The van der Waals surface area contributed by atoms with Crippen molar-refractivity contribution in [3.05, 3.63) is 58.9 Å². The van der Waals surface area contributed by atoms with Crippen molar-refractivity contribution in [2.45, 2.75) is 30.9 Å². The van der Waals surface area contributed by atoms with Crippen LogP contribution in [-0.2, 0) is 20.7 Å². The van der Waals surface area contributed by atoms with Crippen LogP contribution in [-0.4, -0.2) is 34.3 Å². The van der Waals surface area contributed by atoms with Crippen molar-refractivity contribution in [2.75, 3.05) is 14.2 Å². The lowest BCUT2D eigenvalue weighted by Gasteiger charge is -2.21. The van der Waals surface area contributed by atoms with Crippen LogP contribution in [0.25, 0.3) is 11.3 Å². The molecule has 0 atom stereocenters. The van der Waals surface area contributed by atoms with Gasteiger partial charge in [-0.1, -0.05) is 0 Å². The molecule has 11 heteroatoms. The van der Waals surface area contributed by atoms with Gasteiger partial charge in [0.05, 0.1) is 14.2 Å². The van der Waals surface area contributed by atoms with Crippen molar-refractivity contribution in [3.63, 3.8) is 0 Å². The van der Waals surface area contributed by atoms with Crippen LogP contribution in [0.15, 0.2) is 36.4 Å². The van der Waals surface area contributed by atoms with E-state index in [0.29, 0.717) is 24.2 Å². The van der Waals surface area contributed by atoms with Crippen LogP contribution in [0.2, 0.25) is 0 Å². The highest BCUT2D eigenvalue weighted by Gasteiger charge is 2.57. The number of rotatable bonds is 7. The van der Waals surface area contributed by atoms with Crippen molar-refractivity contribution in [1.82, 2.24) is 0 Å². The summed E-state index contributed by atoms with van der Waals surface area (Å²) in [6, 6.07) is 7.94. The van der Waals surface area contributed by atoms with Crippen LogP contribution >= 0.6 is 0 Å². The molecule has 32 heavy (non-hydrogen) atoms. The number of ether oxygens (including phenoxy) is 2. The van der Waals surface area contributed by atoms with Crippen molar-refractivity contribution < 1.29 is 44.0 Å². The zero-order valence-corrected chi connectivity index (χ0v) is 17.8. The number of hydrogen-bond acceptors (Lipinski definition) is 5. The summed E-state index contributed by atoms with van der Waals surface area (Å²) < 4.78 is 107. The summed E-state index contributed by atoms with van der Waals surface area (Å²) in [4.78, 5) is 0. The Bertz CT molecular complexity index is 1150. The largest absolute Gasteiger partial charge is 0.497 e. The van der Waals surface area contributed by atoms with Crippen LogP contribution in [0.1, 0.15) is 29.5 Å². The van der Waals surface area contributed by atoms with E-state index in [2.05, 4.69) is 4.18 Å². The monoisotopic (exact) mass is 478 g/mol. The maximum absolute atomic E-state index is 14.7. The summed E-state index contributed by atoms with van der Waals surface area (Å²) in [5, 5.41) is -5.48. The number of halogens is 5. The highest BCUT2D eigenvalue weighted by molar-refractivity contribution is 7.88. The van der Waals surface area contributed by atoms with E-state index in [1.807, 2.05) is 0 Å². The van der Waals surface area contributed by atoms with Gasteiger partial charge in [0.15, 0.2) is 5.76 Å². The second-order valence-corrected chi connectivity index (χ2v) is 8.55. The molecule has 0 spiro atoms. The highest BCUT2D eigenvalue weighted by atomic mass is 32.2. The fourth-order valence-corrected chi connectivity index (χ4v) is 4.09. The third-order valence-corrected chi connectivity index (χ3v) is 6.21. The van der Waals surface area contributed by atoms with Gasteiger partial charge in [-0.3, -0.25) is 0 Å². The minimum Gasteiger partial charge on any atom is -0.497 e. The summed E-state index contributed by atoms with van der Waals surface area (Å²) >= 11 is 0. The van der Waals surface area contributed by atoms with Gasteiger partial charge in [0, 0.05) is 16.7 Å². The Hall–Kier alpha value is -2.82. The SMILES string of the molecule is COc1ccc2c(c1)CCCC(c1cc(OC)ccc1F)=C2OS(=O)(=O)C(F)(F)C(F)F. The Balaban J connectivity index is 2.29. The lowest BCUT2D eigenvalue weighted by molar-refractivity contribution is -0.0686. The number of fused-ring (bicyclic) bond motifs is 1. The smallest absolute Gasteiger partial charge is 0.439 e. The van der Waals surface area contributed by atoms with E-state index in [9.17, 15) is 30.4 Å². The van der Waals surface area contributed by atoms with E-state index >= 15 is 0 Å². The molecule has 0 unspecified atom stereocenters. The van der Waals surface area contributed by atoms with E-state index in [0.717, 1.165) is 6.07 Å². The van der Waals surface area contributed by atoms with Gasteiger partial charge in [0.25, 0.3) is 0 Å². The minimum atomic E-state index is -6.13. The van der Waals surface area contributed by atoms with Crippen LogP contribution in [0.3, 0.4) is 0 Å². The summed E-state index contributed by atoms with van der Waals surface area (Å²) in [5.74, 6) is -0.822. The number of hydrogen-bond donors (Lipinski definition) is 0. The molecule has 2 aromatic rings. The number of benzene rings is 2. The van der Waals surface area contributed by atoms with Crippen molar-refractivity contribution in [3.8, 4) is 11.5 Å². The minimum absolute atomic E-state index is 0.0200. The van der Waals surface area contributed by atoms with Gasteiger partial charge >= 0.3 is 21.8 Å². The number of methoxy groups -OCH3 is 2. The maximum Gasteiger partial charge on any atom is 0.439 e. The van der Waals surface area contributed by atoms with E-state index < -0.39 is 33.4 Å². The summed E-state index contributed by atoms with van der Waals surface area (Å²) in [6.45, 7) is 0. The Kier molecular flexibility index (Phi) is 6.68. The molecule has 0 heterocycles. The molecule has 174 valence electrons. The molecule has 0 fully saturated rings. The third-order valence-electron chi connectivity index (χ3n) is 4.98. The average Bonchev–Trinajstić information content (AvgIpc) is 2.92. The first-order valence-electron chi connectivity index (χ1n) is 9.36. The molecule has 0 amide bonds. The molecule has 0 aliphatic heterocycles. The number of alkyl halides is 4. The van der Waals surface area contributed by atoms with Crippen LogP contribution in [0.4, 0.5) is 22.0 Å². The quantitative estimate of drug-likeness (QED) is 0.402. The Morgan fingerprint density at radius 2 is 1.56 bits per heavy atom. The van der Waals surface area contributed by atoms with Crippen molar-refractivity contribution in [1.29, 1.82) is 0 Å². The third kappa shape index (κ3) is 4.38. The van der Waals surface area contributed by atoms with Crippen LogP contribution in [0, 0.1) is 5.82 Å². The zero-order chi connectivity index (χ0) is 23.7. The van der Waals surface area contributed by atoms with Gasteiger partial charge in [0.1, 0.15) is 17.3 Å². The molecule has 0 radical (unpaired) electrons. The van der Waals surface area contributed by atoms with Crippen LogP contribution < -0.4 is 9.47 Å². The van der Waals surface area contributed by atoms with Crippen LogP contribution in [0.5, 0.6) is 11.5 Å². The molecule has 0 saturated heterocycles. The number of aryl methyl sites for hydroxylation is 1. The summed E-state index contributed by atoms with van der Waals surface area (Å²) in [5.41, 5.74) is 0.292. The van der Waals surface area contributed by atoms with Gasteiger partial charge in [0.2, 0.25) is 0 Å². The fraction of sp³-hybridized carbons (Fsp3) is 0.333.